The highest BCUT2D eigenvalue weighted by atomic mass is 16.6. The van der Waals surface area contributed by atoms with Crippen LogP contribution in [0.1, 0.15) is 71.9 Å². The third-order valence-electron chi connectivity index (χ3n) is 4.90. The number of esters is 1. The lowest BCUT2D eigenvalue weighted by Crippen LogP contribution is -2.35. The molecule has 2 unspecified atom stereocenters. The third-order valence-corrected chi connectivity index (χ3v) is 4.90. The number of aryl methyl sites for hydroxylation is 1. The molecular formula is C25H34N2O2. The largest absolute Gasteiger partial charge is 0.457 e. The van der Waals surface area contributed by atoms with Gasteiger partial charge in [0.05, 0.1) is 23.3 Å². The lowest BCUT2D eigenvalue weighted by atomic mass is 9.73. The number of hydrogen-bond donors (Lipinski definition) is 0. The van der Waals surface area contributed by atoms with Crippen molar-refractivity contribution in [1.82, 2.24) is 0 Å². The highest BCUT2D eigenvalue weighted by Crippen LogP contribution is 2.42. The van der Waals surface area contributed by atoms with E-state index in [9.17, 15) is 10.1 Å². The van der Waals surface area contributed by atoms with Crippen molar-refractivity contribution in [1.29, 1.82) is 5.26 Å². The maximum Gasteiger partial charge on any atom is 0.337 e. The first kappa shape index (κ1) is 22.9. The minimum absolute atomic E-state index is 0.0484. The van der Waals surface area contributed by atoms with Crippen molar-refractivity contribution in [3.05, 3.63) is 46.7 Å². The van der Waals surface area contributed by atoms with Gasteiger partial charge in [0.15, 0.2) is 0 Å². The molecule has 1 heterocycles. The molecule has 4 heteroatoms. The molecule has 29 heavy (non-hydrogen) atoms. The molecule has 1 aromatic carbocycles. The molecule has 1 aliphatic heterocycles. The van der Waals surface area contributed by atoms with Crippen molar-refractivity contribution >= 4 is 11.7 Å². The number of benzene rings is 1. The Morgan fingerprint density at radius 2 is 1.76 bits per heavy atom. The molecule has 2 atom stereocenters. The van der Waals surface area contributed by atoms with Gasteiger partial charge in [-0.15, -0.1) is 0 Å². The van der Waals surface area contributed by atoms with Gasteiger partial charge in [0.25, 0.3) is 0 Å². The van der Waals surface area contributed by atoms with E-state index in [0.717, 1.165) is 29.0 Å². The second kappa shape index (κ2) is 8.95. The number of rotatable bonds is 5. The molecule has 1 aromatic rings. The predicted molar refractivity (Wildman–Crippen MR) is 118 cm³/mol. The monoisotopic (exact) mass is 394 g/mol. The van der Waals surface area contributed by atoms with Crippen LogP contribution < -0.4 is 0 Å². The number of ether oxygens (including phenoxy) is 1. The summed E-state index contributed by atoms with van der Waals surface area (Å²) in [6.07, 6.45) is 0.735. The van der Waals surface area contributed by atoms with Gasteiger partial charge < -0.3 is 4.74 Å². The number of allylic oxidation sites excluding steroid dienone is 1. The van der Waals surface area contributed by atoms with Crippen LogP contribution in [0.25, 0.3) is 0 Å². The zero-order valence-electron chi connectivity index (χ0n) is 19.0. The van der Waals surface area contributed by atoms with Gasteiger partial charge in [-0.2, -0.15) is 5.26 Å². The molecule has 0 amide bonds. The summed E-state index contributed by atoms with van der Waals surface area (Å²) in [4.78, 5) is 18.2. The van der Waals surface area contributed by atoms with Crippen LogP contribution in [0.4, 0.5) is 0 Å². The molecule has 0 fully saturated rings. The van der Waals surface area contributed by atoms with Crippen molar-refractivity contribution < 1.29 is 9.53 Å². The van der Waals surface area contributed by atoms with Crippen LogP contribution in [-0.4, -0.2) is 17.3 Å². The fourth-order valence-corrected chi connectivity index (χ4v) is 3.68. The second-order valence-corrected chi connectivity index (χ2v) is 9.65. The number of carbonyl (C=O) groups is 1. The van der Waals surface area contributed by atoms with Crippen LogP contribution in [-0.2, 0) is 9.53 Å². The molecule has 4 nitrogen and oxygen atoms in total. The molecular weight excluding hydrogens is 360 g/mol. The molecule has 0 saturated heterocycles. The number of aliphatic imine (C=N–C) groups is 1. The van der Waals surface area contributed by atoms with Gasteiger partial charge in [-0.25, -0.2) is 4.79 Å². The fraction of sp³-hybridized carbons (Fsp3) is 0.560. The first-order valence-electron chi connectivity index (χ1n) is 10.5. The van der Waals surface area contributed by atoms with Crippen LogP contribution in [0, 0.1) is 36.0 Å². The topological polar surface area (TPSA) is 62.4 Å². The molecule has 2 rings (SSSR count). The molecule has 0 N–H and O–H groups in total. The number of hydrogen-bond acceptors (Lipinski definition) is 4. The first-order chi connectivity index (χ1) is 13.4. The van der Waals surface area contributed by atoms with Crippen LogP contribution >= 0.6 is 0 Å². The normalized spacial score (nSPS) is 20.0. The van der Waals surface area contributed by atoms with Crippen LogP contribution in [0.3, 0.4) is 0 Å². The van der Waals surface area contributed by atoms with Gasteiger partial charge in [-0.3, -0.25) is 4.99 Å². The smallest absolute Gasteiger partial charge is 0.337 e. The average molecular weight is 395 g/mol. The van der Waals surface area contributed by atoms with Gasteiger partial charge in [-0.1, -0.05) is 57.5 Å². The Morgan fingerprint density at radius 1 is 1.17 bits per heavy atom. The van der Waals surface area contributed by atoms with Gasteiger partial charge in [0.1, 0.15) is 5.60 Å². The molecule has 0 radical (unpaired) electrons. The Bertz CT molecular complexity index is 846. The van der Waals surface area contributed by atoms with E-state index in [4.69, 9.17) is 9.73 Å². The zero-order valence-corrected chi connectivity index (χ0v) is 19.0. The summed E-state index contributed by atoms with van der Waals surface area (Å²) in [6, 6.07) is 10.5. The number of nitriles is 1. The summed E-state index contributed by atoms with van der Waals surface area (Å²) in [6.45, 7) is 15.9. The SMILES string of the molecule is Cc1ccc(C2C(C(=O)OC(C)(C)C)=C(C(C)C)N=C(CC(C)C)C2C#N)cc1. The minimum atomic E-state index is -0.617. The van der Waals surface area contributed by atoms with Crippen LogP contribution in [0.2, 0.25) is 0 Å². The predicted octanol–water partition coefficient (Wildman–Crippen LogP) is 5.97. The third kappa shape index (κ3) is 5.56. The van der Waals surface area contributed by atoms with E-state index < -0.39 is 11.5 Å². The zero-order chi connectivity index (χ0) is 21.9. The van der Waals surface area contributed by atoms with E-state index in [0.29, 0.717) is 11.5 Å². The van der Waals surface area contributed by atoms with Crippen molar-refractivity contribution in [2.45, 2.75) is 73.3 Å². The summed E-state index contributed by atoms with van der Waals surface area (Å²) < 4.78 is 5.77. The van der Waals surface area contributed by atoms with Gasteiger partial charge in [-0.05, 0) is 51.5 Å². The van der Waals surface area contributed by atoms with E-state index in [1.807, 2.05) is 65.8 Å². The molecule has 0 saturated carbocycles. The van der Waals surface area contributed by atoms with E-state index in [1.54, 1.807) is 0 Å². The summed E-state index contributed by atoms with van der Waals surface area (Å²) in [7, 11) is 0. The van der Waals surface area contributed by atoms with Crippen LogP contribution in [0.15, 0.2) is 40.5 Å². The quantitative estimate of drug-likeness (QED) is 0.578. The molecule has 1 aliphatic rings. The molecule has 0 aliphatic carbocycles. The molecule has 0 aromatic heterocycles. The Labute approximate surface area is 175 Å². The van der Waals surface area contributed by atoms with Crippen molar-refractivity contribution in [2.24, 2.45) is 22.7 Å². The molecule has 0 bridgehead atoms. The maximum absolute atomic E-state index is 13.3. The van der Waals surface area contributed by atoms with Crippen molar-refractivity contribution in [2.75, 3.05) is 0 Å². The van der Waals surface area contributed by atoms with Gasteiger partial charge in [0, 0.05) is 11.6 Å². The minimum Gasteiger partial charge on any atom is -0.457 e. The van der Waals surface area contributed by atoms with Gasteiger partial charge >= 0.3 is 5.97 Å². The second-order valence-electron chi connectivity index (χ2n) is 9.65. The highest BCUT2D eigenvalue weighted by molar-refractivity contribution is 5.99. The fourth-order valence-electron chi connectivity index (χ4n) is 3.68. The van der Waals surface area contributed by atoms with E-state index >= 15 is 0 Å². The molecule has 0 spiro atoms. The van der Waals surface area contributed by atoms with E-state index in [2.05, 4.69) is 19.9 Å². The summed E-state index contributed by atoms with van der Waals surface area (Å²) in [5.74, 6) is -0.810. The maximum atomic E-state index is 13.3. The van der Waals surface area contributed by atoms with Crippen molar-refractivity contribution in [3.8, 4) is 6.07 Å². The summed E-state index contributed by atoms with van der Waals surface area (Å²) in [5.41, 5.74) is 3.61. The molecule has 156 valence electrons. The number of nitrogens with zero attached hydrogens (tertiary/aromatic N) is 2. The summed E-state index contributed by atoms with van der Waals surface area (Å²) in [5, 5.41) is 10.1. The number of carbonyl (C=O) groups excluding carboxylic acids is 1. The van der Waals surface area contributed by atoms with Gasteiger partial charge in [0.2, 0.25) is 0 Å². The van der Waals surface area contributed by atoms with E-state index in [1.165, 1.54) is 0 Å². The van der Waals surface area contributed by atoms with Crippen molar-refractivity contribution in [3.63, 3.8) is 0 Å². The Hall–Kier alpha value is -2.41. The first-order valence-corrected chi connectivity index (χ1v) is 10.5. The average Bonchev–Trinajstić information content (AvgIpc) is 2.59. The van der Waals surface area contributed by atoms with E-state index in [-0.39, 0.29) is 17.8 Å². The standard InChI is InChI=1S/C25H34N2O2/c1-15(2)13-20-19(14-26)21(18-11-9-17(5)10-12-18)22(23(27-20)16(3)4)24(28)29-25(6,7)8/h9-12,15-16,19,21H,13H2,1-8H3. The Morgan fingerprint density at radius 3 is 2.21 bits per heavy atom. The highest BCUT2D eigenvalue weighted by Gasteiger charge is 2.41. The Kier molecular flexibility index (Phi) is 7.06. The Balaban J connectivity index is 2.74. The lowest BCUT2D eigenvalue weighted by Gasteiger charge is -2.34. The van der Waals surface area contributed by atoms with Crippen LogP contribution in [0.5, 0.6) is 0 Å². The summed E-state index contributed by atoms with van der Waals surface area (Å²) >= 11 is 0. The lowest BCUT2D eigenvalue weighted by molar-refractivity contribution is -0.150.